The molecule has 0 bridgehead atoms. The largest absolute Gasteiger partial charge is 0.381 e. The van der Waals surface area contributed by atoms with E-state index in [1.807, 2.05) is 0 Å². The van der Waals surface area contributed by atoms with Gasteiger partial charge in [-0.2, -0.15) is 4.98 Å². The SMILES string of the molecule is ONC(=Nc1ccc(F)c(Cl)c1)c1ccnc2nc(NCC3COC3)[nH]c12. The van der Waals surface area contributed by atoms with Crippen molar-refractivity contribution < 1.29 is 14.3 Å². The summed E-state index contributed by atoms with van der Waals surface area (Å²) in [5, 5.41) is 12.7. The maximum atomic E-state index is 13.3. The van der Waals surface area contributed by atoms with E-state index < -0.39 is 5.82 Å². The number of aliphatic imine (C=N–C) groups is 1. The predicted molar refractivity (Wildman–Crippen MR) is 99.2 cm³/mol. The Labute approximate surface area is 158 Å². The average Bonchev–Trinajstić information content (AvgIpc) is 3.04. The highest BCUT2D eigenvalue weighted by Crippen LogP contribution is 2.24. The highest BCUT2D eigenvalue weighted by molar-refractivity contribution is 6.31. The van der Waals surface area contributed by atoms with E-state index in [0.717, 1.165) is 19.8 Å². The first-order valence-electron chi connectivity index (χ1n) is 8.24. The lowest BCUT2D eigenvalue weighted by molar-refractivity contribution is -0.0249. The first-order valence-corrected chi connectivity index (χ1v) is 8.62. The van der Waals surface area contributed by atoms with Crippen LogP contribution in [0.1, 0.15) is 5.56 Å². The van der Waals surface area contributed by atoms with E-state index in [2.05, 4.69) is 30.7 Å². The maximum Gasteiger partial charge on any atom is 0.202 e. The maximum absolute atomic E-state index is 13.3. The lowest BCUT2D eigenvalue weighted by Crippen LogP contribution is -2.33. The molecule has 1 aliphatic rings. The van der Waals surface area contributed by atoms with Crippen LogP contribution in [0, 0.1) is 11.7 Å². The quantitative estimate of drug-likeness (QED) is 0.303. The highest BCUT2D eigenvalue weighted by Gasteiger charge is 2.19. The van der Waals surface area contributed by atoms with Gasteiger partial charge in [0.25, 0.3) is 0 Å². The molecule has 2 aromatic heterocycles. The molecule has 27 heavy (non-hydrogen) atoms. The summed E-state index contributed by atoms with van der Waals surface area (Å²) in [6.07, 6.45) is 1.56. The van der Waals surface area contributed by atoms with Gasteiger partial charge >= 0.3 is 0 Å². The number of aromatic nitrogens is 3. The molecule has 1 saturated heterocycles. The van der Waals surface area contributed by atoms with Gasteiger partial charge in [0, 0.05) is 24.2 Å². The fourth-order valence-electron chi connectivity index (χ4n) is 2.66. The Bertz CT molecular complexity index is 1000. The lowest BCUT2D eigenvalue weighted by atomic mass is 10.1. The first-order chi connectivity index (χ1) is 13.1. The van der Waals surface area contributed by atoms with E-state index in [4.69, 9.17) is 16.3 Å². The van der Waals surface area contributed by atoms with Crippen molar-refractivity contribution in [1.29, 1.82) is 0 Å². The van der Waals surface area contributed by atoms with Crippen LogP contribution in [-0.4, -0.2) is 45.8 Å². The van der Waals surface area contributed by atoms with Crippen molar-refractivity contribution in [2.24, 2.45) is 10.9 Å². The predicted octanol–water partition coefficient (Wildman–Crippen LogP) is 2.87. The molecule has 1 aliphatic heterocycles. The minimum absolute atomic E-state index is 0.0542. The van der Waals surface area contributed by atoms with E-state index in [-0.39, 0.29) is 10.9 Å². The number of imidazole rings is 1. The zero-order valence-electron chi connectivity index (χ0n) is 14.0. The number of hydrogen-bond acceptors (Lipinski definition) is 6. The number of nitrogens with one attached hydrogen (secondary N) is 3. The molecule has 140 valence electrons. The van der Waals surface area contributed by atoms with Gasteiger partial charge in [0.1, 0.15) is 5.82 Å². The number of nitrogens with zero attached hydrogens (tertiary/aromatic N) is 3. The molecular weight excluding hydrogens is 375 g/mol. The zero-order valence-corrected chi connectivity index (χ0v) is 14.8. The third kappa shape index (κ3) is 3.70. The van der Waals surface area contributed by atoms with Crippen molar-refractivity contribution in [3.63, 3.8) is 0 Å². The minimum atomic E-state index is -0.540. The van der Waals surface area contributed by atoms with Crippen LogP contribution in [0.3, 0.4) is 0 Å². The Morgan fingerprint density at radius 1 is 1.41 bits per heavy atom. The van der Waals surface area contributed by atoms with Gasteiger partial charge in [-0.1, -0.05) is 11.6 Å². The number of amidine groups is 1. The molecule has 1 aromatic carbocycles. The molecule has 0 spiro atoms. The number of anilines is 1. The van der Waals surface area contributed by atoms with Crippen LogP contribution in [0.2, 0.25) is 5.02 Å². The minimum Gasteiger partial charge on any atom is -0.381 e. The van der Waals surface area contributed by atoms with E-state index in [1.54, 1.807) is 12.3 Å². The van der Waals surface area contributed by atoms with Crippen molar-refractivity contribution in [2.45, 2.75) is 0 Å². The van der Waals surface area contributed by atoms with Gasteiger partial charge in [-0.25, -0.2) is 14.4 Å². The molecular formula is C17H16ClFN6O2. The number of fused-ring (bicyclic) bond motifs is 1. The van der Waals surface area contributed by atoms with Crippen molar-refractivity contribution >= 4 is 40.2 Å². The Balaban J connectivity index is 1.66. The normalized spacial score (nSPS) is 15.0. The van der Waals surface area contributed by atoms with Gasteiger partial charge in [-0.05, 0) is 24.3 Å². The number of ether oxygens (including phenoxy) is 1. The monoisotopic (exact) mass is 390 g/mol. The molecule has 0 unspecified atom stereocenters. The molecule has 4 N–H and O–H groups in total. The van der Waals surface area contributed by atoms with Crippen LogP contribution in [0.4, 0.5) is 16.0 Å². The van der Waals surface area contributed by atoms with Crippen molar-refractivity contribution in [3.8, 4) is 0 Å². The molecule has 3 heterocycles. The van der Waals surface area contributed by atoms with Crippen LogP contribution >= 0.6 is 11.6 Å². The van der Waals surface area contributed by atoms with Crippen LogP contribution in [0.15, 0.2) is 35.5 Å². The molecule has 0 amide bonds. The van der Waals surface area contributed by atoms with Gasteiger partial charge < -0.3 is 15.0 Å². The Kier molecular flexibility index (Phi) is 4.88. The standard InChI is InChI=1S/C17H16ClFN6O2/c18-12-5-10(1-2-13(12)19)22-15(25-26)11-3-4-20-16-14(11)23-17(24-16)21-6-9-7-27-8-9/h1-5,9,26H,6-8H2,(H,22,25)(H2,20,21,23,24). The fraction of sp³-hybridized carbons (Fsp3) is 0.235. The van der Waals surface area contributed by atoms with Gasteiger partial charge in [-0.3, -0.25) is 10.7 Å². The van der Waals surface area contributed by atoms with E-state index in [9.17, 15) is 9.60 Å². The molecule has 4 rings (SSSR count). The summed E-state index contributed by atoms with van der Waals surface area (Å²) in [7, 11) is 0. The topological polar surface area (TPSA) is 107 Å². The molecule has 0 saturated carbocycles. The van der Waals surface area contributed by atoms with E-state index in [0.29, 0.717) is 34.3 Å². The second-order valence-electron chi connectivity index (χ2n) is 6.10. The highest BCUT2D eigenvalue weighted by atomic mass is 35.5. The fourth-order valence-corrected chi connectivity index (χ4v) is 2.84. The molecule has 3 aromatic rings. The van der Waals surface area contributed by atoms with Crippen molar-refractivity contribution in [2.75, 3.05) is 25.1 Å². The number of halogens is 2. The molecule has 1 fully saturated rings. The second kappa shape index (κ2) is 7.47. The summed E-state index contributed by atoms with van der Waals surface area (Å²) in [6, 6.07) is 5.71. The number of hydroxylamine groups is 1. The summed E-state index contributed by atoms with van der Waals surface area (Å²) in [5.74, 6) is 0.637. The van der Waals surface area contributed by atoms with Gasteiger partial charge in [0.15, 0.2) is 11.5 Å². The van der Waals surface area contributed by atoms with Crippen molar-refractivity contribution in [3.05, 3.63) is 46.9 Å². The van der Waals surface area contributed by atoms with Gasteiger partial charge in [0.05, 0.1) is 29.4 Å². The molecule has 0 aliphatic carbocycles. The van der Waals surface area contributed by atoms with Crippen LogP contribution in [0.5, 0.6) is 0 Å². The zero-order chi connectivity index (χ0) is 18.8. The van der Waals surface area contributed by atoms with E-state index in [1.165, 1.54) is 18.2 Å². The molecule has 8 nitrogen and oxygen atoms in total. The lowest BCUT2D eigenvalue weighted by Gasteiger charge is -2.25. The second-order valence-corrected chi connectivity index (χ2v) is 6.50. The summed E-state index contributed by atoms with van der Waals surface area (Å²) < 4.78 is 18.5. The summed E-state index contributed by atoms with van der Waals surface area (Å²) in [6.45, 7) is 2.22. The Morgan fingerprint density at radius 2 is 2.26 bits per heavy atom. The van der Waals surface area contributed by atoms with Crippen LogP contribution < -0.4 is 10.8 Å². The van der Waals surface area contributed by atoms with Crippen LogP contribution in [-0.2, 0) is 4.74 Å². The number of benzene rings is 1. The summed E-state index contributed by atoms with van der Waals surface area (Å²) in [5.41, 5.74) is 4.07. The number of H-pyrrole nitrogens is 1. The third-order valence-electron chi connectivity index (χ3n) is 4.16. The van der Waals surface area contributed by atoms with Gasteiger partial charge in [-0.15, -0.1) is 0 Å². The Morgan fingerprint density at radius 3 is 2.96 bits per heavy atom. The van der Waals surface area contributed by atoms with Crippen molar-refractivity contribution in [1.82, 2.24) is 20.4 Å². The summed E-state index contributed by atoms with van der Waals surface area (Å²) >= 11 is 5.79. The molecule has 0 radical (unpaired) electrons. The summed E-state index contributed by atoms with van der Waals surface area (Å²) in [4.78, 5) is 16.1. The Hall–Kier alpha value is -2.75. The van der Waals surface area contributed by atoms with Crippen LogP contribution in [0.25, 0.3) is 11.2 Å². The van der Waals surface area contributed by atoms with Gasteiger partial charge in [0.2, 0.25) is 5.95 Å². The first kappa shape index (κ1) is 17.7. The number of aromatic amines is 1. The third-order valence-corrected chi connectivity index (χ3v) is 4.45. The number of pyridine rings is 1. The van der Waals surface area contributed by atoms with E-state index >= 15 is 0 Å². The molecule has 10 heteroatoms. The number of rotatable bonds is 5. The average molecular weight is 391 g/mol. The molecule has 0 atom stereocenters. The smallest absolute Gasteiger partial charge is 0.202 e. The number of hydrogen-bond donors (Lipinski definition) is 4.